The number of aromatic nitrogens is 1. The first-order chi connectivity index (χ1) is 9.38. The zero-order valence-electron chi connectivity index (χ0n) is 11.4. The molecular formula is C15H14ClNO3. The normalized spacial score (nSPS) is 10.4. The minimum absolute atomic E-state index is 0.0444. The Balaban J connectivity index is 2.45. The lowest BCUT2D eigenvalue weighted by atomic mass is 10.1. The second-order valence-corrected chi connectivity index (χ2v) is 4.96. The number of ether oxygens (including phenoxy) is 1. The molecular weight excluding hydrogens is 278 g/mol. The summed E-state index contributed by atoms with van der Waals surface area (Å²) in [6, 6.07) is 6.59. The molecule has 0 spiro atoms. The Kier molecular flexibility index (Phi) is 3.95. The predicted octanol–water partition coefficient (Wildman–Crippen LogP) is 4.15. The molecule has 0 saturated heterocycles. The molecule has 0 aliphatic rings. The van der Waals surface area contributed by atoms with Gasteiger partial charge in [-0.3, -0.25) is 0 Å². The molecule has 0 amide bonds. The number of benzene rings is 1. The van der Waals surface area contributed by atoms with Crippen molar-refractivity contribution in [1.82, 2.24) is 4.98 Å². The van der Waals surface area contributed by atoms with Crippen LogP contribution in [0.2, 0.25) is 5.15 Å². The lowest BCUT2D eigenvalue weighted by Gasteiger charge is -2.13. The molecule has 0 saturated carbocycles. The zero-order valence-corrected chi connectivity index (χ0v) is 12.2. The molecule has 20 heavy (non-hydrogen) atoms. The average molecular weight is 292 g/mol. The van der Waals surface area contributed by atoms with Crippen LogP contribution in [-0.4, -0.2) is 16.1 Å². The monoisotopic (exact) mass is 291 g/mol. The Labute approximate surface area is 122 Å². The van der Waals surface area contributed by atoms with E-state index in [2.05, 4.69) is 4.98 Å². The molecule has 0 aliphatic heterocycles. The number of aryl methyl sites for hydroxylation is 2. The molecule has 1 N–H and O–H groups in total. The van der Waals surface area contributed by atoms with Crippen LogP contribution in [0.25, 0.3) is 0 Å². The topological polar surface area (TPSA) is 59.4 Å². The molecule has 0 aliphatic carbocycles. The molecule has 0 unspecified atom stereocenters. The molecule has 0 bridgehead atoms. The van der Waals surface area contributed by atoms with Gasteiger partial charge in [-0.2, -0.15) is 0 Å². The second-order valence-electron chi connectivity index (χ2n) is 4.58. The Morgan fingerprint density at radius 2 is 1.85 bits per heavy atom. The van der Waals surface area contributed by atoms with Gasteiger partial charge in [0.15, 0.2) is 0 Å². The number of carboxylic acids is 1. The largest absolute Gasteiger partial charge is 0.478 e. The van der Waals surface area contributed by atoms with Crippen LogP contribution >= 0.6 is 11.6 Å². The molecule has 0 fully saturated rings. The van der Waals surface area contributed by atoms with Gasteiger partial charge in [-0.25, -0.2) is 9.78 Å². The van der Waals surface area contributed by atoms with Crippen molar-refractivity contribution < 1.29 is 14.6 Å². The Bertz CT molecular complexity index is 683. The van der Waals surface area contributed by atoms with Gasteiger partial charge in [0.25, 0.3) is 0 Å². The van der Waals surface area contributed by atoms with Crippen molar-refractivity contribution in [2.24, 2.45) is 0 Å². The summed E-state index contributed by atoms with van der Waals surface area (Å²) in [6.07, 6.45) is 0. The first kappa shape index (κ1) is 14.3. The Morgan fingerprint density at radius 1 is 1.20 bits per heavy atom. The highest BCUT2D eigenvalue weighted by molar-refractivity contribution is 6.29. The molecule has 2 rings (SSSR count). The number of hydrogen-bond acceptors (Lipinski definition) is 3. The maximum atomic E-state index is 11.0. The van der Waals surface area contributed by atoms with Crippen molar-refractivity contribution in [2.75, 3.05) is 0 Å². The van der Waals surface area contributed by atoms with E-state index in [0.717, 1.165) is 16.7 Å². The third kappa shape index (κ3) is 2.91. The van der Waals surface area contributed by atoms with E-state index in [-0.39, 0.29) is 16.6 Å². The highest BCUT2D eigenvalue weighted by atomic mass is 35.5. The minimum atomic E-state index is -1.07. The Hall–Kier alpha value is -2.07. The van der Waals surface area contributed by atoms with Gasteiger partial charge in [0.2, 0.25) is 5.88 Å². The molecule has 4 nitrogen and oxygen atoms in total. The standard InChI is InChI=1S/C15H14ClNO3/c1-8-4-5-9(2)14(10(8)3)20-13-7-11(15(18)19)6-12(16)17-13/h4-7H,1-3H3,(H,18,19). The lowest BCUT2D eigenvalue weighted by molar-refractivity contribution is 0.0696. The summed E-state index contributed by atoms with van der Waals surface area (Å²) in [5.74, 6) is -0.223. The SMILES string of the molecule is Cc1ccc(C)c(Oc2cc(C(=O)O)cc(Cl)n2)c1C. The molecule has 0 atom stereocenters. The Morgan fingerprint density at radius 3 is 2.50 bits per heavy atom. The minimum Gasteiger partial charge on any atom is -0.478 e. The summed E-state index contributed by atoms with van der Waals surface area (Å²) in [4.78, 5) is 15.0. The summed E-state index contributed by atoms with van der Waals surface area (Å²) >= 11 is 5.82. The van der Waals surface area contributed by atoms with Gasteiger partial charge in [0.05, 0.1) is 5.56 Å². The maximum Gasteiger partial charge on any atom is 0.335 e. The van der Waals surface area contributed by atoms with Gasteiger partial charge < -0.3 is 9.84 Å². The smallest absolute Gasteiger partial charge is 0.335 e. The maximum absolute atomic E-state index is 11.0. The number of hydrogen-bond donors (Lipinski definition) is 1. The highest BCUT2D eigenvalue weighted by Gasteiger charge is 2.12. The molecule has 0 radical (unpaired) electrons. The molecule has 1 aromatic carbocycles. The van der Waals surface area contributed by atoms with Crippen molar-refractivity contribution in [3.63, 3.8) is 0 Å². The van der Waals surface area contributed by atoms with Gasteiger partial charge in [-0.1, -0.05) is 23.7 Å². The summed E-state index contributed by atoms with van der Waals surface area (Å²) < 4.78 is 5.73. The highest BCUT2D eigenvalue weighted by Crippen LogP contribution is 2.30. The quantitative estimate of drug-likeness (QED) is 0.863. The van der Waals surface area contributed by atoms with E-state index in [0.29, 0.717) is 5.75 Å². The van der Waals surface area contributed by atoms with Gasteiger partial charge in [0, 0.05) is 6.07 Å². The summed E-state index contributed by atoms with van der Waals surface area (Å²) in [7, 11) is 0. The third-order valence-corrected chi connectivity index (χ3v) is 3.29. The average Bonchev–Trinajstić information content (AvgIpc) is 2.38. The number of pyridine rings is 1. The fourth-order valence-corrected chi connectivity index (χ4v) is 2.04. The van der Waals surface area contributed by atoms with Gasteiger partial charge in [-0.15, -0.1) is 0 Å². The summed E-state index contributed by atoms with van der Waals surface area (Å²) in [5.41, 5.74) is 3.07. The fraction of sp³-hybridized carbons (Fsp3) is 0.200. The molecule has 5 heteroatoms. The van der Waals surface area contributed by atoms with E-state index >= 15 is 0 Å². The lowest BCUT2D eigenvalue weighted by Crippen LogP contribution is -2.00. The summed E-state index contributed by atoms with van der Waals surface area (Å²) in [6.45, 7) is 5.85. The number of aromatic carboxylic acids is 1. The number of rotatable bonds is 3. The van der Waals surface area contributed by atoms with E-state index in [9.17, 15) is 4.79 Å². The van der Waals surface area contributed by atoms with Crippen LogP contribution in [0.1, 0.15) is 27.0 Å². The first-order valence-electron chi connectivity index (χ1n) is 6.04. The molecule has 104 valence electrons. The van der Waals surface area contributed by atoms with Crippen molar-refractivity contribution in [1.29, 1.82) is 0 Å². The van der Waals surface area contributed by atoms with Crippen LogP contribution in [-0.2, 0) is 0 Å². The van der Waals surface area contributed by atoms with E-state index in [4.69, 9.17) is 21.4 Å². The number of halogens is 1. The van der Waals surface area contributed by atoms with Crippen molar-refractivity contribution >= 4 is 17.6 Å². The molecule has 1 aromatic heterocycles. The van der Waals surface area contributed by atoms with E-state index in [1.54, 1.807) is 0 Å². The van der Waals surface area contributed by atoms with Crippen LogP contribution < -0.4 is 4.74 Å². The second kappa shape index (κ2) is 5.51. The van der Waals surface area contributed by atoms with E-state index in [1.165, 1.54) is 12.1 Å². The predicted molar refractivity (Wildman–Crippen MR) is 76.9 cm³/mol. The number of nitrogens with zero attached hydrogens (tertiary/aromatic N) is 1. The van der Waals surface area contributed by atoms with Gasteiger partial charge in [-0.05, 0) is 43.5 Å². The van der Waals surface area contributed by atoms with E-state index in [1.807, 2.05) is 32.9 Å². The van der Waals surface area contributed by atoms with Gasteiger partial charge in [0.1, 0.15) is 10.9 Å². The number of carboxylic acid groups (broad SMARTS) is 1. The van der Waals surface area contributed by atoms with Gasteiger partial charge >= 0.3 is 5.97 Å². The third-order valence-electron chi connectivity index (χ3n) is 3.10. The fourth-order valence-electron chi connectivity index (χ4n) is 1.84. The van der Waals surface area contributed by atoms with Crippen LogP contribution in [0.15, 0.2) is 24.3 Å². The van der Waals surface area contributed by atoms with Crippen LogP contribution in [0.5, 0.6) is 11.6 Å². The summed E-state index contributed by atoms with van der Waals surface area (Å²) in [5, 5.41) is 9.10. The number of carbonyl (C=O) groups is 1. The van der Waals surface area contributed by atoms with Crippen LogP contribution in [0.4, 0.5) is 0 Å². The van der Waals surface area contributed by atoms with Crippen molar-refractivity contribution in [2.45, 2.75) is 20.8 Å². The zero-order chi connectivity index (χ0) is 14.9. The van der Waals surface area contributed by atoms with E-state index < -0.39 is 5.97 Å². The van der Waals surface area contributed by atoms with Crippen LogP contribution in [0.3, 0.4) is 0 Å². The van der Waals surface area contributed by atoms with Crippen molar-refractivity contribution in [3.8, 4) is 11.6 Å². The van der Waals surface area contributed by atoms with Crippen molar-refractivity contribution in [3.05, 3.63) is 51.7 Å². The first-order valence-corrected chi connectivity index (χ1v) is 6.42. The van der Waals surface area contributed by atoms with Crippen LogP contribution in [0, 0.1) is 20.8 Å². The molecule has 1 heterocycles. The molecule has 2 aromatic rings.